The molecule has 0 fully saturated rings. The Balaban J connectivity index is 1.79. The molecule has 2 aromatic carbocycles. The van der Waals surface area contributed by atoms with Crippen molar-refractivity contribution in [3.63, 3.8) is 0 Å². The third-order valence-corrected chi connectivity index (χ3v) is 3.81. The normalized spacial score (nSPS) is 10.4. The number of hydrogen-bond acceptors (Lipinski definition) is 4. The molecular weight excluding hydrogens is 333 g/mol. The highest BCUT2D eigenvalue weighted by atomic mass is 19.1. The third kappa shape index (κ3) is 4.30. The fraction of sp³-hybridized carbons (Fsp3) is 0.190. The summed E-state index contributed by atoms with van der Waals surface area (Å²) >= 11 is 0. The Morgan fingerprint density at radius 2 is 1.77 bits per heavy atom. The van der Waals surface area contributed by atoms with Crippen molar-refractivity contribution in [2.24, 2.45) is 0 Å². The van der Waals surface area contributed by atoms with E-state index < -0.39 is 0 Å². The number of ether oxygens (including phenoxy) is 3. The molecule has 0 unspecified atom stereocenters. The molecule has 3 rings (SSSR count). The van der Waals surface area contributed by atoms with Crippen LogP contribution in [0.1, 0.15) is 12.5 Å². The molecule has 0 radical (unpaired) electrons. The van der Waals surface area contributed by atoms with Gasteiger partial charge in [0.05, 0.1) is 13.7 Å². The molecule has 1 aromatic heterocycles. The first-order valence-electron chi connectivity index (χ1n) is 8.34. The van der Waals surface area contributed by atoms with Crippen LogP contribution < -0.4 is 14.2 Å². The van der Waals surface area contributed by atoms with Crippen LogP contribution in [0.2, 0.25) is 0 Å². The Morgan fingerprint density at radius 1 is 0.962 bits per heavy atom. The summed E-state index contributed by atoms with van der Waals surface area (Å²) in [6, 6.07) is 15.8. The highest BCUT2D eigenvalue weighted by molar-refractivity contribution is 5.65. The van der Waals surface area contributed by atoms with Crippen LogP contribution in [-0.4, -0.2) is 18.7 Å². The molecule has 0 N–H and O–H groups in total. The number of rotatable bonds is 7. The number of pyridine rings is 1. The lowest BCUT2D eigenvalue weighted by Gasteiger charge is -2.13. The van der Waals surface area contributed by atoms with Crippen molar-refractivity contribution in [2.75, 3.05) is 13.7 Å². The van der Waals surface area contributed by atoms with Gasteiger partial charge in [-0.15, -0.1) is 0 Å². The van der Waals surface area contributed by atoms with Crippen LogP contribution >= 0.6 is 0 Å². The quantitative estimate of drug-likeness (QED) is 0.607. The van der Waals surface area contributed by atoms with Gasteiger partial charge in [0.15, 0.2) is 5.75 Å². The molecule has 4 nitrogen and oxygen atoms in total. The summed E-state index contributed by atoms with van der Waals surface area (Å²) in [6.07, 6.45) is 1.65. The van der Waals surface area contributed by atoms with Gasteiger partial charge in [0.25, 0.3) is 5.88 Å². The smallest absolute Gasteiger partial charge is 0.257 e. The monoisotopic (exact) mass is 353 g/mol. The maximum absolute atomic E-state index is 13.5. The molecule has 0 aliphatic heterocycles. The van der Waals surface area contributed by atoms with Gasteiger partial charge >= 0.3 is 0 Å². The number of methoxy groups -OCH3 is 1. The van der Waals surface area contributed by atoms with Gasteiger partial charge in [-0.2, -0.15) is 0 Å². The predicted octanol–water partition coefficient (Wildman–Crippen LogP) is 4.87. The summed E-state index contributed by atoms with van der Waals surface area (Å²) in [5.74, 6) is 1.44. The molecule has 0 aliphatic rings. The van der Waals surface area contributed by atoms with E-state index in [0.29, 0.717) is 24.8 Å². The molecule has 5 heteroatoms. The molecule has 0 amide bonds. The standard InChI is InChI=1S/C21H20FNO3/c1-3-25-20-12-17(16-5-4-6-18(22)11-16)13-23-21(20)26-14-15-7-9-19(24-2)10-8-15/h4-13H,3,14H2,1-2H3. The number of halogens is 1. The van der Waals surface area contributed by atoms with Crippen LogP contribution in [0.3, 0.4) is 0 Å². The van der Waals surface area contributed by atoms with Crippen LogP contribution in [0.4, 0.5) is 4.39 Å². The zero-order valence-corrected chi connectivity index (χ0v) is 14.7. The molecule has 0 aliphatic carbocycles. The number of nitrogens with zero attached hydrogens (tertiary/aromatic N) is 1. The highest BCUT2D eigenvalue weighted by Gasteiger charge is 2.10. The second-order valence-electron chi connectivity index (χ2n) is 5.61. The lowest BCUT2D eigenvalue weighted by Crippen LogP contribution is -2.02. The first-order chi connectivity index (χ1) is 12.7. The molecular formula is C21H20FNO3. The average Bonchev–Trinajstić information content (AvgIpc) is 2.67. The zero-order chi connectivity index (χ0) is 18.4. The van der Waals surface area contributed by atoms with Gasteiger partial charge in [-0.25, -0.2) is 9.37 Å². The van der Waals surface area contributed by atoms with E-state index >= 15 is 0 Å². The molecule has 3 aromatic rings. The van der Waals surface area contributed by atoms with Gasteiger partial charge in [-0.3, -0.25) is 0 Å². The molecule has 134 valence electrons. The number of hydrogen-bond donors (Lipinski definition) is 0. The average molecular weight is 353 g/mol. The second-order valence-corrected chi connectivity index (χ2v) is 5.61. The van der Waals surface area contributed by atoms with E-state index in [-0.39, 0.29) is 5.82 Å². The van der Waals surface area contributed by atoms with Crippen molar-refractivity contribution in [1.82, 2.24) is 4.98 Å². The molecule has 0 saturated carbocycles. The Morgan fingerprint density at radius 3 is 2.46 bits per heavy atom. The van der Waals surface area contributed by atoms with Crippen LogP contribution in [0.5, 0.6) is 17.4 Å². The van der Waals surface area contributed by atoms with Gasteiger partial charge in [0.2, 0.25) is 0 Å². The zero-order valence-electron chi connectivity index (χ0n) is 14.7. The largest absolute Gasteiger partial charge is 0.497 e. The van der Waals surface area contributed by atoms with E-state index in [4.69, 9.17) is 14.2 Å². The van der Waals surface area contributed by atoms with Gasteiger partial charge < -0.3 is 14.2 Å². The number of benzene rings is 2. The first kappa shape index (κ1) is 17.7. The molecule has 0 bridgehead atoms. The van der Waals surface area contributed by atoms with Crippen LogP contribution in [-0.2, 0) is 6.61 Å². The van der Waals surface area contributed by atoms with Gasteiger partial charge in [0.1, 0.15) is 18.2 Å². The predicted molar refractivity (Wildman–Crippen MR) is 98.1 cm³/mol. The summed E-state index contributed by atoms with van der Waals surface area (Å²) in [5.41, 5.74) is 2.49. The van der Waals surface area contributed by atoms with E-state index in [1.54, 1.807) is 19.4 Å². The van der Waals surface area contributed by atoms with Crippen LogP contribution in [0, 0.1) is 5.82 Å². The van der Waals surface area contributed by atoms with Crippen LogP contribution in [0.15, 0.2) is 60.8 Å². The van der Waals surface area contributed by atoms with Crippen molar-refractivity contribution < 1.29 is 18.6 Å². The molecule has 0 spiro atoms. The van der Waals surface area contributed by atoms with Crippen molar-refractivity contribution in [2.45, 2.75) is 13.5 Å². The van der Waals surface area contributed by atoms with E-state index in [1.807, 2.05) is 43.3 Å². The van der Waals surface area contributed by atoms with Crippen molar-refractivity contribution >= 4 is 0 Å². The minimum absolute atomic E-state index is 0.291. The molecule has 0 atom stereocenters. The summed E-state index contributed by atoms with van der Waals surface area (Å²) in [5, 5.41) is 0. The lowest BCUT2D eigenvalue weighted by molar-refractivity contribution is 0.259. The van der Waals surface area contributed by atoms with Gasteiger partial charge in [-0.1, -0.05) is 24.3 Å². The summed E-state index contributed by atoms with van der Waals surface area (Å²) < 4.78 is 30.1. The summed E-state index contributed by atoms with van der Waals surface area (Å²) in [6.45, 7) is 2.73. The van der Waals surface area contributed by atoms with E-state index in [2.05, 4.69) is 4.98 Å². The molecule has 26 heavy (non-hydrogen) atoms. The van der Waals surface area contributed by atoms with E-state index in [0.717, 1.165) is 22.4 Å². The maximum atomic E-state index is 13.5. The highest BCUT2D eigenvalue weighted by Crippen LogP contribution is 2.31. The second kappa shape index (κ2) is 8.34. The lowest BCUT2D eigenvalue weighted by atomic mass is 10.1. The van der Waals surface area contributed by atoms with Gasteiger partial charge in [-0.05, 0) is 48.4 Å². The third-order valence-electron chi connectivity index (χ3n) is 3.81. The SMILES string of the molecule is CCOc1cc(-c2cccc(F)c2)cnc1OCc1ccc(OC)cc1. The Kier molecular flexibility index (Phi) is 5.69. The molecule has 0 saturated heterocycles. The van der Waals surface area contributed by atoms with Gasteiger partial charge in [0, 0.05) is 11.8 Å². The summed E-state index contributed by atoms with van der Waals surface area (Å²) in [7, 11) is 1.63. The van der Waals surface area contributed by atoms with Crippen molar-refractivity contribution in [1.29, 1.82) is 0 Å². The Bertz CT molecular complexity index is 865. The minimum atomic E-state index is -0.291. The van der Waals surface area contributed by atoms with Crippen molar-refractivity contribution in [3.8, 4) is 28.5 Å². The number of aromatic nitrogens is 1. The maximum Gasteiger partial charge on any atom is 0.257 e. The van der Waals surface area contributed by atoms with Crippen LogP contribution in [0.25, 0.3) is 11.1 Å². The van der Waals surface area contributed by atoms with E-state index in [9.17, 15) is 4.39 Å². The molecule has 1 heterocycles. The Labute approximate surface area is 152 Å². The topological polar surface area (TPSA) is 40.6 Å². The fourth-order valence-electron chi connectivity index (χ4n) is 2.50. The van der Waals surface area contributed by atoms with Crippen molar-refractivity contribution in [3.05, 3.63) is 72.2 Å². The Hall–Kier alpha value is -3.08. The first-order valence-corrected chi connectivity index (χ1v) is 8.34. The van der Waals surface area contributed by atoms with E-state index in [1.165, 1.54) is 12.1 Å². The summed E-state index contributed by atoms with van der Waals surface area (Å²) in [4.78, 5) is 4.36. The minimum Gasteiger partial charge on any atom is -0.497 e. The fourth-order valence-corrected chi connectivity index (χ4v) is 2.50.